The Hall–Kier alpha value is -1.10. The molecule has 2 fully saturated rings. The van der Waals surface area contributed by atoms with Crippen LogP contribution in [-0.2, 0) is 9.59 Å². The molecule has 5 heteroatoms. The molecule has 96 valence electrons. The number of amides is 1. The van der Waals surface area contributed by atoms with E-state index in [1.54, 1.807) is 0 Å². The molecule has 0 bridgehead atoms. The summed E-state index contributed by atoms with van der Waals surface area (Å²) in [4.78, 5) is 22.7. The van der Waals surface area contributed by atoms with Crippen LogP contribution < -0.4 is 10.6 Å². The summed E-state index contributed by atoms with van der Waals surface area (Å²) in [6, 6.07) is 0. The lowest BCUT2D eigenvalue weighted by molar-refractivity contribution is -0.139. The zero-order chi connectivity index (χ0) is 12.3. The van der Waals surface area contributed by atoms with Gasteiger partial charge in [-0.2, -0.15) is 0 Å². The zero-order valence-electron chi connectivity index (χ0n) is 10.00. The van der Waals surface area contributed by atoms with E-state index in [9.17, 15) is 9.59 Å². The van der Waals surface area contributed by atoms with Crippen LogP contribution in [0.4, 0.5) is 0 Å². The van der Waals surface area contributed by atoms with Gasteiger partial charge in [0.05, 0.1) is 12.0 Å². The summed E-state index contributed by atoms with van der Waals surface area (Å²) in [6.07, 6.45) is 4.20. The molecule has 1 saturated carbocycles. The van der Waals surface area contributed by atoms with E-state index in [4.69, 9.17) is 5.11 Å². The minimum Gasteiger partial charge on any atom is -0.481 e. The molecule has 0 spiro atoms. The van der Waals surface area contributed by atoms with Gasteiger partial charge < -0.3 is 15.7 Å². The van der Waals surface area contributed by atoms with Crippen molar-refractivity contribution in [1.82, 2.24) is 10.6 Å². The van der Waals surface area contributed by atoms with E-state index < -0.39 is 11.5 Å². The number of hydrogen-bond acceptors (Lipinski definition) is 3. The molecule has 5 nitrogen and oxygen atoms in total. The minimum atomic E-state index is -0.822. The maximum absolute atomic E-state index is 11.9. The summed E-state index contributed by atoms with van der Waals surface area (Å²) in [5.41, 5.74) is -0.472. The van der Waals surface area contributed by atoms with E-state index in [1.165, 1.54) is 0 Å². The Balaban J connectivity index is 1.87. The lowest BCUT2D eigenvalue weighted by Gasteiger charge is -2.31. The molecule has 0 unspecified atom stereocenters. The molecule has 0 aromatic carbocycles. The van der Waals surface area contributed by atoms with Gasteiger partial charge in [-0.05, 0) is 31.8 Å². The van der Waals surface area contributed by atoms with Gasteiger partial charge in [0.1, 0.15) is 0 Å². The first kappa shape index (κ1) is 12.4. The lowest BCUT2D eigenvalue weighted by Crippen LogP contribution is -2.50. The number of carboxylic acid groups (broad SMARTS) is 1. The smallest absolute Gasteiger partial charge is 0.305 e. The zero-order valence-corrected chi connectivity index (χ0v) is 10.00. The van der Waals surface area contributed by atoms with Crippen LogP contribution in [0, 0.1) is 5.92 Å². The number of nitrogens with one attached hydrogen (secondary N) is 2. The predicted octanol–water partition coefficient (Wildman–Crippen LogP) is 0.500. The van der Waals surface area contributed by atoms with Crippen molar-refractivity contribution in [2.45, 2.75) is 44.1 Å². The lowest BCUT2D eigenvalue weighted by atomic mass is 9.91. The molecule has 1 amide bonds. The second kappa shape index (κ2) is 5.04. The van der Waals surface area contributed by atoms with Crippen LogP contribution >= 0.6 is 0 Å². The highest BCUT2D eigenvalue weighted by Crippen LogP contribution is 2.32. The summed E-state index contributed by atoms with van der Waals surface area (Å²) in [5, 5.41) is 15.0. The monoisotopic (exact) mass is 240 g/mol. The Morgan fingerprint density at radius 1 is 1.29 bits per heavy atom. The molecule has 1 aliphatic carbocycles. The maximum atomic E-state index is 11.9. The largest absolute Gasteiger partial charge is 0.481 e. The van der Waals surface area contributed by atoms with E-state index in [0.29, 0.717) is 12.3 Å². The van der Waals surface area contributed by atoms with Gasteiger partial charge in [-0.1, -0.05) is 12.8 Å². The first-order chi connectivity index (χ1) is 8.10. The fourth-order valence-electron chi connectivity index (χ4n) is 2.79. The predicted molar refractivity (Wildman–Crippen MR) is 62.6 cm³/mol. The number of aliphatic carboxylic acids is 1. The molecule has 2 aliphatic rings. The van der Waals surface area contributed by atoms with E-state index in [2.05, 4.69) is 10.6 Å². The van der Waals surface area contributed by atoms with Gasteiger partial charge in [-0.3, -0.25) is 9.59 Å². The number of rotatable bonds is 5. The van der Waals surface area contributed by atoms with Gasteiger partial charge >= 0.3 is 5.97 Å². The van der Waals surface area contributed by atoms with Crippen molar-refractivity contribution < 1.29 is 14.7 Å². The summed E-state index contributed by atoms with van der Waals surface area (Å²) in [6.45, 7) is 1.80. The third kappa shape index (κ3) is 3.19. The second-order valence-corrected chi connectivity index (χ2v) is 5.33. The molecule has 17 heavy (non-hydrogen) atoms. The van der Waals surface area contributed by atoms with Crippen molar-refractivity contribution in [3.8, 4) is 0 Å². The van der Waals surface area contributed by atoms with E-state index in [1.807, 2.05) is 0 Å². The molecule has 2 rings (SSSR count). The highest BCUT2D eigenvalue weighted by atomic mass is 16.4. The molecule has 0 radical (unpaired) electrons. The quantitative estimate of drug-likeness (QED) is 0.654. The number of carboxylic acids is 1. The van der Waals surface area contributed by atoms with Crippen molar-refractivity contribution in [2.24, 2.45) is 5.92 Å². The molecular weight excluding hydrogens is 220 g/mol. The summed E-state index contributed by atoms with van der Waals surface area (Å²) >= 11 is 0. The Labute approximate surface area is 101 Å². The SMILES string of the molecule is O=C(O)CC1(NC(=O)CC2CNC2)CCCC1. The van der Waals surface area contributed by atoms with E-state index in [-0.39, 0.29) is 12.3 Å². The Morgan fingerprint density at radius 2 is 1.94 bits per heavy atom. The third-order valence-corrected chi connectivity index (χ3v) is 3.79. The molecule has 1 heterocycles. The van der Waals surface area contributed by atoms with Crippen molar-refractivity contribution in [3.05, 3.63) is 0 Å². The van der Waals surface area contributed by atoms with Crippen LogP contribution in [0.25, 0.3) is 0 Å². The van der Waals surface area contributed by atoms with Crippen LogP contribution in [-0.4, -0.2) is 35.6 Å². The highest BCUT2D eigenvalue weighted by molar-refractivity contribution is 5.78. The van der Waals surface area contributed by atoms with E-state index >= 15 is 0 Å². The number of carbonyl (C=O) groups excluding carboxylic acids is 1. The van der Waals surface area contributed by atoms with Gasteiger partial charge in [0, 0.05) is 6.42 Å². The van der Waals surface area contributed by atoms with Gasteiger partial charge in [0.25, 0.3) is 0 Å². The van der Waals surface area contributed by atoms with Gasteiger partial charge in [-0.25, -0.2) is 0 Å². The van der Waals surface area contributed by atoms with Crippen molar-refractivity contribution in [3.63, 3.8) is 0 Å². The Bertz CT molecular complexity index is 307. The fraction of sp³-hybridized carbons (Fsp3) is 0.833. The summed E-state index contributed by atoms with van der Waals surface area (Å²) < 4.78 is 0. The number of carbonyl (C=O) groups is 2. The van der Waals surface area contributed by atoms with Crippen LogP contribution in [0.2, 0.25) is 0 Å². The first-order valence-electron chi connectivity index (χ1n) is 6.33. The van der Waals surface area contributed by atoms with E-state index in [0.717, 1.165) is 38.8 Å². The standard InChI is InChI=1S/C12H20N2O3/c15-10(5-9-7-13-8-9)14-12(6-11(16)17)3-1-2-4-12/h9,13H,1-8H2,(H,14,15)(H,16,17). The Kier molecular flexibility index (Phi) is 3.66. The first-order valence-corrected chi connectivity index (χ1v) is 6.33. The van der Waals surface area contributed by atoms with Crippen LogP contribution in [0.1, 0.15) is 38.5 Å². The fourth-order valence-corrected chi connectivity index (χ4v) is 2.79. The van der Waals surface area contributed by atoms with Crippen LogP contribution in [0.5, 0.6) is 0 Å². The normalized spacial score (nSPS) is 23.1. The van der Waals surface area contributed by atoms with Crippen LogP contribution in [0.3, 0.4) is 0 Å². The summed E-state index contributed by atoms with van der Waals surface area (Å²) in [7, 11) is 0. The molecule has 0 aromatic rings. The van der Waals surface area contributed by atoms with Gasteiger partial charge in [-0.15, -0.1) is 0 Å². The van der Waals surface area contributed by atoms with Crippen LogP contribution in [0.15, 0.2) is 0 Å². The Morgan fingerprint density at radius 3 is 2.41 bits per heavy atom. The average molecular weight is 240 g/mol. The summed E-state index contributed by atoms with van der Waals surface area (Å²) in [5.74, 6) is -0.379. The average Bonchev–Trinajstić information content (AvgIpc) is 2.59. The molecule has 1 saturated heterocycles. The molecule has 0 atom stereocenters. The van der Waals surface area contributed by atoms with Crippen molar-refractivity contribution in [2.75, 3.05) is 13.1 Å². The molecule has 3 N–H and O–H groups in total. The highest BCUT2D eigenvalue weighted by Gasteiger charge is 2.37. The molecule has 0 aromatic heterocycles. The van der Waals surface area contributed by atoms with Crippen molar-refractivity contribution >= 4 is 11.9 Å². The molecular formula is C12H20N2O3. The van der Waals surface area contributed by atoms with Gasteiger partial charge in [0.2, 0.25) is 5.91 Å². The second-order valence-electron chi connectivity index (χ2n) is 5.33. The van der Waals surface area contributed by atoms with Gasteiger partial charge in [0.15, 0.2) is 0 Å². The van der Waals surface area contributed by atoms with Crippen molar-refractivity contribution in [1.29, 1.82) is 0 Å². The molecule has 1 aliphatic heterocycles. The third-order valence-electron chi connectivity index (χ3n) is 3.79. The maximum Gasteiger partial charge on any atom is 0.305 e. The minimum absolute atomic E-state index is 0.0136. The topological polar surface area (TPSA) is 78.4 Å². The number of hydrogen-bond donors (Lipinski definition) is 3.